The Balaban J connectivity index is 2.74. The predicted octanol–water partition coefficient (Wildman–Crippen LogP) is -1.02. The third-order valence-corrected chi connectivity index (χ3v) is 2.85. The van der Waals surface area contributed by atoms with Crippen molar-refractivity contribution in [3.05, 3.63) is 33.1 Å². The second-order valence-corrected chi connectivity index (χ2v) is 5.36. The van der Waals surface area contributed by atoms with Gasteiger partial charge in [0.15, 0.2) is 0 Å². The maximum absolute atomic E-state index is 12.0. The minimum atomic E-state index is -0.590. The van der Waals surface area contributed by atoms with Gasteiger partial charge in [-0.25, -0.2) is 4.79 Å². The zero-order chi connectivity index (χ0) is 14.6. The van der Waals surface area contributed by atoms with Crippen LogP contribution in [0.3, 0.4) is 0 Å². The van der Waals surface area contributed by atoms with E-state index in [1.54, 1.807) is 7.05 Å². The lowest BCUT2D eigenvalue weighted by atomic mass is 9.93. The molecular weight excluding hydrogens is 248 g/mol. The number of nitrogens with one attached hydrogen (secondary N) is 1. The minimum Gasteiger partial charge on any atom is -0.344 e. The van der Waals surface area contributed by atoms with Gasteiger partial charge in [0.25, 0.3) is 5.56 Å². The molecule has 0 saturated heterocycles. The molecule has 0 aliphatic carbocycles. The van der Waals surface area contributed by atoms with Crippen molar-refractivity contribution in [2.45, 2.75) is 20.4 Å². The first-order valence-electron chi connectivity index (χ1n) is 5.99. The van der Waals surface area contributed by atoms with E-state index in [9.17, 15) is 14.4 Å². The lowest BCUT2D eigenvalue weighted by Gasteiger charge is -2.29. The highest BCUT2D eigenvalue weighted by atomic mass is 16.2. The van der Waals surface area contributed by atoms with Crippen LogP contribution >= 0.6 is 0 Å². The van der Waals surface area contributed by atoms with Crippen LogP contribution in [0.2, 0.25) is 0 Å². The first kappa shape index (κ1) is 15.2. The number of nitrogens with two attached hydrogens (primary N) is 1. The van der Waals surface area contributed by atoms with E-state index in [4.69, 9.17) is 5.73 Å². The Morgan fingerprint density at radius 3 is 2.63 bits per heavy atom. The Morgan fingerprint density at radius 1 is 1.47 bits per heavy atom. The van der Waals surface area contributed by atoms with Crippen LogP contribution in [0.5, 0.6) is 0 Å². The molecule has 1 heterocycles. The Labute approximate surface area is 111 Å². The van der Waals surface area contributed by atoms with Crippen molar-refractivity contribution in [3.63, 3.8) is 0 Å². The summed E-state index contributed by atoms with van der Waals surface area (Å²) in [5.41, 5.74) is 4.36. The van der Waals surface area contributed by atoms with Gasteiger partial charge in [-0.1, -0.05) is 13.8 Å². The molecule has 0 saturated carbocycles. The number of hydrogen-bond acceptors (Lipinski definition) is 4. The summed E-state index contributed by atoms with van der Waals surface area (Å²) in [6.07, 6.45) is 1.31. The fourth-order valence-corrected chi connectivity index (χ4v) is 1.63. The molecule has 1 rings (SSSR count). The fraction of sp³-hybridized carbons (Fsp3) is 0.583. The second kappa shape index (κ2) is 5.83. The van der Waals surface area contributed by atoms with Crippen LogP contribution in [0.15, 0.2) is 21.9 Å². The van der Waals surface area contributed by atoms with E-state index in [0.717, 1.165) is 4.57 Å². The van der Waals surface area contributed by atoms with Gasteiger partial charge in [0.1, 0.15) is 6.54 Å². The smallest absolute Gasteiger partial charge is 0.328 e. The van der Waals surface area contributed by atoms with Crippen LogP contribution in [0, 0.1) is 5.41 Å². The molecule has 7 nitrogen and oxygen atoms in total. The van der Waals surface area contributed by atoms with Crippen LogP contribution in [0.4, 0.5) is 0 Å². The second-order valence-electron chi connectivity index (χ2n) is 5.36. The van der Waals surface area contributed by atoms with Gasteiger partial charge in [-0.2, -0.15) is 0 Å². The summed E-state index contributed by atoms with van der Waals surface area (Å²) in [5.74, 6) is -0.212. The SMILES string of the molecule is CN(CC(C)(C)CN)C(=O)Cn1ccc(=O)[nH]c1=O. The van der Waals surface area contributed by atoms with Gasteiger partial charge in [0, 0.05) is 25.9 Å². The van der Waals surface area contributed by atoms with Crippen LogP contribution in [0.25, 0.3) is 0 Å². The number of aromatic nitrogens is 2. The standard InChI is InChI=1S/C12H20N4O3/c1-12(2,7-13)8-15(3)10(18)6-16-5-4-9(17)14-11(16)19/h4-5H,6-8,13H2,1-3H3,(H,14,17,19). The van der Waals surface area contributed by atoms with Gasteiger partial charge in [-0.15, -0.1) is 0 Å². The third kappa shape index (κ3) is 4.36. The fourth-order valence-electron chi connectivity index (χ4n) is 1.63. The average Bonchev–Trinajstić information content (AvgIpc) is 2.32. The molecule has 0 spiro atoms. The predicted molar refractivity (Wildman–Crippen MR) is 71.8 cm³/mol. The quantitative estimate of drug-likeness (QED) is 0.713. The van der Waals surface area contributed by atoms with Crippen molar-refractivity contribution in [2.24, 2.45) is 11.1 Å². The molecule has 0 bridgehead atoms. The summed E-state index contributed by atoms with van der Waals surface area (Å²) in [5, 5.41) is 0. The molecule has 7 heteroatoms. The number of carbonyl (C=O) groups is 1. The number of aromatic amines is 1. The molecule has 106 valence electrons. The monoisotopic (exact) mass is 268 g/mol. The Kier molecular flexibility index (Phi) is 4.66. The molecule has 1 amide bonds. The maximum atomic E-state index is 12.0. The third-order valence-electron chi connectivity index (χ3n) is 2.85. The summed E-state index contributed by atoms with van der Waals surface area (Å²) in [4.78, 5) is 38.0. The summed E-state index contributed by atoms with van der Waals surface area (Å²) < 4.78 is 1.16. The van der Waals surface area contributed by atoms with E-state index in [0.29, 0.717) is 13.1 Å². The summed E-state index contributed by atoms with van der Waals surface area (Å²) >= 11 is 0. The van der Waals surface area contributed by atoms with Gasteiger partial charge in [0.2, 0.25) is 5.91 Å². The van der Waals surface area contributed by atoms with Crippen molar-refractivity contribution in [1.29, 1.82) is 0 Å². The maximum Gasteiger partial charge on any atom is 0.328 e. The Hall–Kier alpha value is -1.89. The molecular formula is C12H20N4O3. The Morgan fingerprint density at radius 2 is 2.11 bits per heavy atom. The number of H-pyrrole nitrogens is 1. The number of nitrogens with zero attached hydrogens (tertiary/aromatic N) is 2. The van der Waals surface area contributed by atoms with Crippen molar-refractivity contribution in [2.75, 3.05) is 20.1 Å². The summed E-state index contributed by atoms with van der Waals surface area (Å²) in [6.45, 7) is 4.78. The number of rotatable bonds is 5. The zero-order valence-corrected chi connectivity index (χ0v) is 11.5. The largest absolute Gasteiger partial charge is 0.344 e. The minimum absolute atomic E-state index is 0.104. The molecule has 0 fully saturated rings. The van der Waals surface area contributed by atoms with E-state index in [1.807, 2.05) is 13.8 Å². The van der Waals surface area contributed by atoms with E-state index >= 15 is 0 Å². The topological polar surface area (TPSA) is 101 Å². The van der Waals surface area contributed by atoms with Crippen LogP contribution in [-0.4, -0.2) is 40.5 Å². The van der Waals surface area contributed by atoms with E-state index in [-0.39, 0.29) is 17.9 Å². The molecule has 19 heavy (non-hydrogen) atoms. The van der Waals surface area contributed by atoms with E-state index < -0.39 is 11.2 Å². The molecule has 0 unspecified atom stereocenters. The molecule has 1 aromatic heterocycles. The van der Waals surface area contributed by atoms with Crippen LogP contribution < -0.4 is 17.0 Å². The van der Waals surface area contributed by atoms with Crippen molar-refractivity contribution >= 4 is 5.91 Å². The van der Waals surface area contributed by atoms with Gasteiger partial charge in [0.05, 0.1) is 0 Å². The molecule has 0 aliphatic heterocycles. The first-order chi connectivity index (χ1) is 8.75. The highest BCUT2D eigenvalue weighted by molar-refractivity contribution is 5.75. The molecule has 0 radical (unpaired) electrons. The van der Waals surface area contributed by atoms with Crippen molar-refractivity contribution in [1.82, 2.24) is 14.5 Å². The van der Waals surface area contributed by atoms with Crippen molar-refractivity contribution in [3.8, 4) is 0 Å². The van der Waals surface area contributed by atoms with Gasteiger partial charge < -0.3 is 10.6 Å². The number of amides is 1. The lowest BCUT2D eigenvalue weighted by Crippen LogP contribution is -2.42. The molecule has 1 aromatic rings. The average molecular weight is 268 g/mol. The summed E-state index contributed by atoms with van der Waals surface area (Å²) in [6, 6.07) is 1.21. The molecule has 0 aromatic carbocycles. The van der Waals surface area contributed by atoms with Crippen LogP contribution in [0.1, 0.15) is 13.8 Å². The van der Waals surface area contributed by atoms with Gasteiger partial charge >= 0.3 is 5.69 Å². The molecule has 0 aliphatic rings. The number of carbonyl (C=O) groups excluding carboxylic acids is 1. The van der Waals surface area contributed by atoms with Crippen LogP contribution in [-0.2, 0) is 11.3 Å². The van der Waals surface area contributed by atoms with E-state index in [2.05, 4.69) is 4.98 Å². The number of likely N-dealkylation sites (N-methyl/N-ethyl adjacent to an activating group) is 1. The Bertz CT molecular complexity index is 559. The highest BCUT2D eigenvalue weighted by Crippen LogP contribution is 2.13. The zero-order valence-electron chi connectivity index (χ0n) is 11.5. The molecule has 0 atom stereocenters. The lowest BCUT2D eigenvalue weighted by molar-refractivity contribution is -0.131. The van der Waals surface area contributed by atoms with E-state index in [1.165, 1.54) is 17.2 Å². The van der Waals surface area contributed by atoms with Gasteiger partial charge in [-0.3, -0.25) is 19.1 Å². The molecule has 3 N–H and O–H groups in total. The van der Waals surface area contributed by atoms with Crippen molar-refractivity contribution < 1.29 is 4.79 Å². The van der Waals surface area contributed by atoms with Gasteiger partial charge in [-0.05, 0) is 12.0 Å². The summed E-state index contributed by atoms with van der Waals surface area (Å²) in [7, 11) is 1.66. The normalized spacial score (nSPS) is 11.4. The first-order valence-corrected chi connectivity index (χ1v) is 5.99. The number of hydrogen-bond donors (Lipinski definition) is 2. The highest BCUT2D eigenvalue weighted by Gasteiger charge is 2.21.